The number of hydrogen-bond acceptors (Lipinski definition) is 5. The maximum atomic E-state index is 12.4. The largest absolute Gasteiger partial charge is 0.497 e. The van der Waals surface area contributed by atoms with Crippen LogP contribution in [0.4, 0.5) is 0 Å². The van der Waals surface area contributed by atoms with E-state index in [2.05, 4.69) is 0 Å². The van der Waals surface area contributed by atoms with Gasteiger partial charge in [-0.1, -0.05) is 12.1 Å². The fraction of sp³-hybridized carbons (Fsp3) is 0.111. The molecule has 1 aliphatic heterocycles. The number of ketones is 1. The Kier molecular flexibility index (Phi) is 4.20. The molecule has 1 aliphatic rings. The van der Waals surface area contributed by atoms with Crippen LogP contribution >= 0.6 is 0 Å². The molecular weight excluding hydrogens is 312 g/mol. The molecule has 0 radical (unpaired) electrons. The number of rotatable bonds is 5. The summed E-state index contributed by atoms with van der Waals surface area (Å²) in [7, 11) is 1.57. The number of carbonyl (C=O) groups excluding carboxylic acids is 1. The second-order valence-corrected chi connectivity index (χ2v) is 5.06. The zero-order chi connectivity index (χ0) is 17.1. The quantitative estimate of drug-likeness (QED) is 0.851. The second kappa shape index (κ2) is 6.45. The zero-order valence-corrected chi connectivity index (χ0v) is 12.8. The summed E-state index contributed by atoms with van der Waals surface area (Å²) >= 11 is 0. The molecule has 0 saturated carbocycles. The molecule has 0 bridgehead atoms. The number of carboxylic acids is 1. The molecule has 0 amide bonds. The van der Waals surface area contributed by atoms with Crippen molar-refractivity contribution in [1.82, 2.24) is 0 Å². The standard InChI is InChI=1S/C18H14O6/c1-22-12-4-2-3-11(7-12)8-16-18(21)14-6-5-13(9-15(14)24-16)23-10-17(19)20/h2-9H,10H2,1H3,(H,19,20)/b16-8-. The van der Waals surface area contributed by atoms with Gasteiger partial charge in [-0.2, -0.15) is 0 Å². The Bertz CT molecular complexity index is 837. The molecule has 3 rings (SSSR count). The van der Waals surface area contributed by atoms with Gasteiger partial charge in [0.15, 0.2) is 12.4 Å². The van der Waals surface area contributed by atoms with E-state index in [9.17, 15) is 9.59 Å². The molecule has 0 spiro atoms. The van der Waals surface area contributed by atoms with E-state index in [1.807, 2.05) is 12.1 Å². The molecule has 0 aromatic heterocycles. The minimum absolute atomic E-state index is 0.189. The van der Waals surface area contributed by atoms with Crippen LogP contribution in [0.3, 0.4) is 0 Å². The van der Waals surface area contributed by atoms with Gasteiger partial charge in [0.05, 0.1) is 12.7 Å². The van der Waals surface area contributed by atoms with Crippen LogP contribution in [0.15, 0.2) is 48.2 Å². The first kappa shape index (κ1) is 15.6. The van der Waals surface area contributed by atoms with E-state index < -0.39 is 12.6 Å². The minimum Gasteiger partial charge on any atom is -0.497 e. The van der Waals surface area contributed by atoms with Crippen molar-refractivity contribution in [3.63, 3.8) is 0 Å². The predicted octanol–water partition coefficient (Wildman–Crippen LogP) is 2.77. The summed E-state index contributed by atoms with van der Waals surface area (Å²) in [5.74, 6) is 0.220. The van der Waals surface area contributed by atoms with Crippen molar-refractivity contribution in [2.45, 2.75) is 0 Å². The number of fused-ring (bicyclic) bond motifs is 1. The molecule has 2 aromatic rings. The third kappa shape index (κ3) is 3.22. The average Bonchev–Trinajstić information content (AvgIpc) is 2.88. The second-order valence-electron chi connectivity index (χ2n) is 5.06. The van der Waals surface area contributed by atoms with E-state index in [0.29, 0.717) is 22.8 Å². The molecule has 0 unspecified atom stereocenters. The van der Waals surface area contributed by atoms with Crippen LogP contribution in [0, 0.1) is 0 Å². The van der Waals surface area contributed by atoms with Gasteiger partial charge in [0.25, 0.3) is 0 Å². The monoisotopic (exact) mass is 326 g/mol. The highest BCUT2D eigenvalue weighted by Crippen LogP contribution is 2.35. The van der Waals surface area contributed by atoms with Gasteiger partial charge >= 0.3 is 5.97 Å². The van der Waals surface area contributed by atoms with Gasteiger partial charge in [0.1, 0.15) is 17.2 Å². The SMILES string of the molecule is COc1cccc(/C=C2\Oc3cc(OCC(=O)O)ccc3C2=O)c1. The maximum Gasteiger partial charge on any atom is 0.341 e. The van der Waals surface area contributed by atoms with Crippen LogP contribution in [0.5, 0.6) is 17.2 Å². The molecule has 24 heavy (non-hydrogen) atoms. The maximum absolute atomic E-state index is 12.4. The summed E-state index contributed by atoms with van der Waals surface area (Å²) in [5, 5.41) is 8.63. The molecule has 0 fully saturated rings. The van der Waals surface area contributed by atoms with Gasteiger partial charge in [-0.3, -0.25) is 4.79 Å². The highest BCUT2D eigenvalue weighted by molar-refractivity contribution is 6.14. The summed E-state index contributed by atoms with van der Waals surface area (Å²) < 4.78 is 15.8. The summed E-state index contributed by atoms with van der Waals surface area (Å²) in [6, 6.07) is 11.8. The number of benzene rings is 2. The van der Waals surface area contributed by atoms with E-state index >= 15 is 0 Å². The lowest BCUT2D eigenvalue weighted by molar-refractivity contribution is -0.139. The Labute approximate surface area is 137 Å². The van der Waals surface area contributed by atoms with Gasteiger partial charge in [0.2, 0.25) is 5.78 Å². The molecule has 6 nitrogen and oxygen atoms in total. The number of aliphatic carboxylic acids is 1. The number of Topliss-reactive ketones (excluding diaryl/α,β-unsaturated/α-hetero) is 1. The third-order valence-electron chi connectivity index (χ3n) is 3.40. The first-order valence-corrected chi connectivity index (χ1v) is 7.14. The smallest absolute Gasteiger partial charge is 0.341 e. The number of allylic oxidation sites excluding steroid dienone is 1. The highest BCUT2D eigenvalue weighted by Gasteiger charge is 2.27. The Morgan fingerprint density at radius 3 is 2.79 bits per heavy atom. The molecule has 6 heteroatoms. The van der Waals surface area contributed by atoms with Crippen molar-refractivity contribution < 1.29 is 28.9 Å². The van der Waals surface area contributed by atoms with Crippen LogP contribution in [0.25, 0.3) is 6.08 Å². The van der Waals surface area contributed by atoms with Crippen LogP contribution in [-0.4, -0.2) is 30.6 Å². The third-order valence-corrected chi connectivity index (χ3v) is 3.40. The topological polar surface area (TPSA) is 82.1 Å². The Hall–Kier alpha value is -3.28. The van der Waals surface area contributed by atoms with Crippen molar-refractivity contribution in [2.24, 2.45) is 0 Å². The fourth-order valence-corrected chi connectivity index (χ4v) is 2.28. The summed E-state index contributed by atoms with van der Waals surface area (Å²) in [6.45, 7) is -0.459. The summed E-state index contributed by atoms with van der Waals surface area (Å²) in [4.78, 5) is 22.9. The van der Waals surface area contributed by atoms with Gasteiger partial charge in [0, 0.05) is 6.07 Å². The highest BCUT2D eigenvalue weighted by atomic mass is 16.5. The van der Waals surface area contributed by atoms with Crippen molar-refractivity contribution in [3.8, 4) is 17.2 Å². The van der Waals surface area contributed by atoms with Crippen molar-refractivity contribution in [1.29, 1.82) is 0 Å². The van der Waals surface area contributed by atoms with Crippen LogP contribution < -0.4 is 14.2 Å². The van der Waals surface area contributed by atoms with Gasteiger partial charge in [-0.15, -0.1) is 0 Å². The number of methoxy groups -OCH3 is 1. The normalized spacial score (nSPS) is 14.2. The van der Waals surface area contributed by atoms with E-state index in [0.717, 1.165) is 5.56 Å². The summed E-state index contributed by atoms with van der Waals surface area (Å²) in [6.07, 6.45) is 1.63. The van der Waals surface area contributed by atoms with Crippen molar-refractivity contribution in [2.75, 3.05) is 13.7 Å². The van der Waals surface area contributed by atoms with Crippen LogP contribution in [0.2, 0.25) is 0 Å². The average molecular weight is 326 g/mol. The Morgan fingerprint density at radius 1 is 1.21 bits per heavy atom. The predicted molar refractivity (Wildman–Crippen MR) is 85.5 cm³/mol. The van der Waals surface area contributed by atoms with Crippen molar-refractivity contribution >= 4 is 17.8 Å². The molecular formula is C18H14O6. The van der Waals surface area contributed by atoms with E-state index in [4.69, 9.17) is 19.3 Å². The lowest BCUT2D eigenvalue weighted by atomic mass is 10.1. The molecule has 122 valence electrons. The molecule has 1 N–H and O–H groups in total. The van der Waals surface area contributed by atoms with E-state index in [1.54, 1.807) is 31.4 Å². The number of carboxylic acid groups (broad SMARTS) is 1. The van der Waals surface area contributed by atoms with E-state index in [-0.39, 0.29) is 11.5 Å². The number of carbonyl (C=O) groups is 2. The minimum atomic E-state index is -1.08. The lowest BCUT2D eigenvalue weighted by Crippen LogP contribution is -2.09. The first-order valence-electron chi connectivity index (χ1n) is 7.14. The number of hydrogen-bond donors (Lipinski definition) is 1. The van der Waals surface area contributed by atoms with Crippen LogP contribution in [-0.2, 0) is 4.79 Å². The Morgan fingerprint density at radius 2 is 2.04 bits per heavy atom. The number of ether oxygens (including phenoxy) is 3. The molecule has 1 heterocycles. The van der Waals surface area contributed by atoms with Gasteiger partial charge in [-0.25, -0.2) is 4.79 Å². The summed E-state index contributed by atoms with van der Waals surface area (Å²) in [5.41, 5.74) is 1.18. The molecule has 0 atom stereocenters. The van der Waals surface area contributed by atoms with Gasteiger partial charge in [-0.05, 0) is 35.9 Å². The lowest BCUT2D eigenvalue weighted by Gasteiger charge is -2.04. The molecule has 0 saturated heterocycles. The fourth-order valence-electron chi connectivity index (χ4n) is 2.28. The van der Waals surface area contributed by atoms with Crippen LogP contribution in [0.1, 0.15) is 15.9 Å². The molecule has 2 aromatic carbocycles. The first-order chi connectivity index (χ1) is 11.6. The molecule has 0 aliphatic carbocycles. The van der Waals surface area contributed by atoms with E-state index in [1.165, 1.54) is 12.1 Å². The van der Waals surface area contributed by atoms with Gasteiger partial charge < -0.3 is 19.3 Å². The Balaban J connectivity index is 1.84. The zero-order valence-electron chi connectivity index (χ0n) is 12.8. The van der Waals surface area contributed by atoms with Crippen molar-refractivity contribution in [3.05, 3.63) is 59.4 Å².